The fourth-order valence-corrected chi connectivity index (χ4v) is 4.55. The van der Waals surface area contributed by atoms with E-state index < -0.39 is 0 Å². The highest BCUT2D eigenvalue weighted by Gasteiger charge is 2.20. The SMILES string of the molecule is C(=Cc1ccc(C=CC2=CCC2Cc2ccccc2)cc1)C1=CCC1Cc1ccccc1. The second-order valence-corrected chi connectivity index (χ2v) is 8.99. The van der Waals surface area contributed by atoms with Gasteiger partial charge in [-0.3, -0.25) is 0 Å². The largest absolute Gasteiger partial charge is 0.0804 e. The lowest BCUT2D eigenvalue weighted by Crippen LogP contribution is -2.13. The van der Waals surface area contributed by atoms with Gasteiger partial charge in [-0.05, 0) is 70.9 Å². The van der Waals surface area contributed by atoms with Crippen molar-refractivity contribution in [2.75, 3.05) is 0 Å². The number of benzene rings is 3. The van der Waals surface area contributed by atoms with Gasteiger partial charge in [0.25, 0.3) is 0 Å². The normalized spacial score (nSPS) is 20.0. The van der Waals surface area contributed by atoms with Crippen molar-refractivity contribution in [3.8, 4) is 0 Å². The summed E-state index contributed by atoms with van der Waals surface area (Å²) < 4.78 is 0. The van der Waals surface area contributed by atoms with Gasteiger partial charge in [0.2, 0.25) is 0 Å². The van der Waals surface area contributed by atoms with Crippen LogP contribution in [0.25, 0.3) is 12.2 Å². The molecule has 0 heteroatoms. The van der Waals surface area contributed by atoms with Crippen LogP contribution in [0.2, 0.25) is 0 Å². The van der Waals surface area contributed by atoms with E-state index in [-0.39, 0.29) is 0 Å². The van der Waals surface area contributed by atoms with E-state index in [1.54, 1.807) is 0 Å². The zero-order valence-corrected chi connectivity index (χ0v) is 18.5. The summed E-state index contributed by atoms with van der Waals surface area (Å²) in [7, 11) is 0. The van der Waals surface area contributed by atoms with Gasteiger partial charge < -0.3 is 0 Å². The third kappa shape index (κ3) is 5.08. The molecule has 0 radical (unpaired) electrons. The first-order valence-corrected chi connectivity index (χ1v) is 11.8. The van der Waals surface area contributed by atoms with Crippen molar-refractivity contribution in [3.63, 3.8) is 0 Å². The third-order valence-electron chi connectivity index (χ3n) is 6.74. The highest BCUT2D eigenvalue weighted by Crippen LogP contribution is 2.33. The Morgan fingerprint density at radius 3 is 1.25 bits per heavy atom. The molecule has 0 amide bonds. The molecule has 2 atom stereocenters. The molecule has 3 aromatic carbocycles. The molecule has 0 saturated carbocycles. The van der Waals surface area contributed by atoms with Crippen LogP contribution in [0.15, 0.2) is 120 Å². The molecule has 0 aromatic heterocycles. The molecule has 2 aliphatic carbocycles. The standard InChI is InChI=1S/C32H30/c1-3-7-27(8-4-1)23-31-21-19-29(31)17-15-25-11-13-26(14-12-25)16-18-30-20-22-32(30)24-28-9-5-2-6-10-28/h1-20,31-32H,21-24H2. The van der Waals surface area contributed by atoms with E-state index in [4.69, 9.17) is 0 Å². The molecular weight excluding hydrogens is 384 g/mol. The van der Waals surface area contributed by atoms with E-state index in [1.165, 1.54) is 46.2 Å². The zero-order valence-electron chi connectivity index (χ0n) is 18.5. The maximum absolute atomic E-state index is 2.36. The molecule has 0 heterocycles. The van der Waals surface area contributed by atoms with Crippen molar-refractivity contribution in [2.45, 2.75) is 25.7 Å². The molecule has 5 rings (SSSR count). The Labute approximate surface area is 192 Å². The van der Waals surface area contributed by atoms with E-state index in [9.17, 15) is 0 Å². The molecule has 0 saturated heterocycles. The quantitative estimate of drug-likeness (QED) is 0.349. The first-order chi connectivity index (χ1) is 15.8. The van der Waals surface area contributed by atoms with Crippen molar-refractivity contribution in [3.05, 3.63) is 143 Å². The molecule has 0 N–H and O–H groups in total. The second kappa shape index (κ2) is 9.83. The van der Waals surface area contributed by atoms with Gasteiger partial charge in [0.1, 0.15) is 0 Å². The lowest BCUT2D eigenvalue weighted by Gasteiger charge is -2.25. The summed E-state index contributed by atoms with van der Waals surface area (Å²) in [5.41, 5.74) is 8.33. The molecule has 32 heavy (non-hydrogen) atoms. The average Bonchev–Trinajstić information content (AvgIpc) is 2.82. The van der Waals surface area contributed by atoms with Gasteiger partial charge in [0.05, 0.1) is 0 Å². The zero-order chi connectivity index (χ0) is 21.6. The molecule has 2 unspecified atom stereocenters. The van der Waals surface area contributed by atoms with Gasteiger partial charge in [0, 0.05) is 0 Å². The van der Waals surface area contributed by atoms with Gasteiger partial charge in [-0.25, -0.2) is 0 Å². The van der Waals surface area contributed by atoms with Crippen molar-refractivity contribution in [1.82, 2.24) is 0 Å². The number of allylic oxidation sites excluding steroid dienone is 6. The van der Waals surface area contributed by atoms with Crippen LogP contribution in [0.4, 0.5) is 0 Å². The maximum atomic E-state index is 2.36. The van der Waals surface area contributed by atoms with E-state index in [0.29, 0.717) is 11.8 Å². The van der Waals surface area contributed by atoms with Gasteiger partial charge in [-0.1, -0.05) is 121 Å². The molecule has 3 aromatic rings. The van der Waals surface area contributed by atoms with Gasteiger partial charge in [-0.15, -0.1) is 0 Å². The molecule has 0 spiro atoms. The maximum Gasteiger partial charge on any atom is -0.00899 e. The Morgan fingerprint density at radius 1 is 0.500 bits per heavy atom. The van der Waals surface area contributed by atoms with Gasteiger partial charge in [0.15, 0.2) is 0 Å². The summed E-state index contributed by atoms with van der Waals surface area (Å²) in [4.78, 5) is 0. The smallest absolute Gasteiger partial charge is 0.00899 e. The van der Waals surface area contributed by atoms with Crippen LogP contribution in [-0.4, -0.2) is 0 Å². The Hall–Kier alpha value is -3.38. The lowest BCUT2D eigenvalue weighted by molar-refractivity contribution is 0.576. The Balaban J connectivity index is 1.14. The van der Waals surface area contributed by atoms with Crippen LogP contribution >= 0.6 is 0 Å². The summed E-state index contributed by atoms with van der Waals surface area (Å²) in [5, 5.41) is 0. The van der Waals surface area contributed by atoms with E-state index in [2.05, 4.69) is 121 Å². The van der Waals surface area contributed by atoms with Crippen LogP contribution in [0.3, 0.4) is 0 Å². The minimum atomic E-state index is 0.662. The average molecular weight is 415 g/mol. The summed E-state index contributed by atoms with van der Waals surface area (Å²) >= 11 is 0. The summed E-state index contributed by atoms with van der Waals surface area (Å²) in [6, 6.07) is 30.5. The lowest BCUT2D eigenvalue weighted by atomic mass is 9.80. The second-order valence-electron chi connectivity index (χ2n) is 8.99. The topological polar surface area (TPSA) is 0 Å². The van der Waals surface area contributed by atoms with Crippen LogP contribution in [0, 0.1) is 11.8 Å². The Kier molecular flexibility index (Phi) is 6.30. The van der Waals surface area contributed by atoms with Gasteiger partial charge in [-0.2, -0.15) is 0 Å². The first-order valence-electron chi connectivity index (χ1n) is 11.8. The van der Waals surface area contributed by atoms with Crippen LogP contribution in [0.1, 0.15) is 35.1 Å². The Morgan fingerprint density at radius 2 is 0.906 bits per heavy atom. The molecule has 2 aliphatic rings. The summed E-state index contributed by atoms with van der Waals surface area (Å²) in [5.74, 6) is 1.32. The summed E-state index contributed by atoms with van der Waals surface area (Å²) in [6.45, 7) is 0. The van der Waals surface area contributed by atoms with Crippen molar-refractivity contribution in [1.29, 1.82) is 0 Å². The number of rotatable bonds is 8. The molecule has 0 bridgehead atoms. The molecule has 0 nitrogen and oxygen atoms in total. The van der Waals surface area contributed by atoms with Crippen LogP contribution in [0.5, 0.6) is 0 Å². The van der Waals surface area contributed by atoms with E-state index in [1.807, 2.05) is 0 Å². The fourth-order valence-electron chi connectivity index (χ4n) is 4.55. The molecule has 0 aliphatic heterocycles. The number of hydrogen-bond acceptors (Lipinski definition) is 0. The minimum Gasteiger partial charge on any atom is -0.0804 e. The highest BCUT2D eigenvalue weighted by atomic mass is 14.2. The van der Waals surface area contributed by atoms with Crippen LogP contribution < -0.4 is 0 Å². The fraction of sp³-hybridized carbons (Fsp3) is 0.188. The van der Waals surface area contributed by atoms with Gasteiger partial charge >= 0.3 is 0 Å². The number of hydrogen-bond donors (Lipinski definition) is 0. The van der Waals surface area contributed by atoms with E-state index in [0.717, 1.165) is 12.8 Å². The van der Waals surface area contributed by atoms with Crippen LogP contribution in [-0.2, 0) is 12.8 Å². The predicted molar refractivity (Wildman–Crippen MR) is 137 cm³/mol. The third-order valence-corrected chi connectivity index (χ3v) is 6.74. The molecular formula is C32H30. The molecule has 0 fully saturated rings. The monoisotopic (exact) mass is 414 g/mol. The van der Waals surface area contributed by atoms with Crippen molar-refractivity contribution >= 4 is 12.2 Å². The van der Waals surface area contributed by atoms with E-state index >= 15 is 0 Å². The first kappa shape index (κ1) is 20.5. The molecule has 158 valence electrons. The Bertz CT molecular complexity index is 1050. The highest BCUT2D eigenvalue weighted by molar-refractivity contribution is 5.60. The minimum absolute atomic E-state index is 0.662. The van der Waals surface area contributed by atoms with Crippen molar-refractivity contribution in [2.24, 2.45) is 11.8 Å². The van der Waals surface area contributed by atoms with Crippen molar-refractivity contribution < 1.29 is 0 Å². The predicted octanol–water partition coefficient (Wildman–Crippen LogP) is 8.09. The summed E-state index contributed by atoms with van der Waals surface area (Å²) in [6.07, 6.45) is 18.5.